The first kappa shape index (κ1) is 20.0. The fourth-order valence-corrected chi connectivity index (χ4v) is 2.14. The summed E-state index contributed by atoms with van der Waals surface area (Å²) in [7, 11) is 3.19. The van der Waals surface area contributed by atoms with Gasteiger partial charge in [0.1, 0.15) is 13.5 Å². The molecular weight excluding hydrogens is 338 g/mol. The average molecular weight is 363 g/mol. The molecule has 0 saturated heterocycles. The lowest BCUT2D eigenvalue weighted by atomic mass is 10.2. The van der Waals surface area contributed by atoms with Crippen molar-refractivity contribution in [2.45, 2.75) is 13.8 Å². The van der Waals surface area contributed by atoms with Crippen molar-refractivity contribution < 1.29 is 19.1 Å². The Balaban J connectivity index is 2.50. The number of ether oxygens (including phenoxy) is 2. The van der Waals surface area contributed by atoms with Crippen LogP contribution in [-0.4, -0.2) is 55.8 Å². The highest BCUT2D eigenvalue weighted by Crippen LogP contribution is 2.22. The minimum absolute atomic E-state index is 0.245. The summed E-state index contributed by atoms with van der Waals surface area (Å²) < 4.78 is 10.4. The van der Waals surface area contributed by atoms with Crippen LogP contribution in [0.2, 0.25) is 0 Å². The molecule has 0 aliphatic carbocycles. The normalized spacial score (nSPS) is 10.8. The quantitative estimate of drug-likeness (QED) is 0.441. The van der Waals surface area contributed by atoms with Gasteiger partial charge < -0.3 is 9.47 Å². The Labute approximate surface area is 153 Å². The van der Waals surface area contributed by atoms with Crippen LogP contribution >= 0.6 is 0 Å². The van der Waals surface area contributed by atoms with Gasteiger partial charge in [-0.3, -0.25) is 4.90 Å². The van der Waals surface area contributed by atoms with E-state index in [0.29, 0.717) is 25.0 Å². The molecule has 0 bridgehead atoms. The maximum atomic E-state index is 5.49. The van der Waals surface area contributed by atoms with E-state index < -0.39 is 0 Å². The van der Waals surface area contributed by atoms with E-state index in [9.17, 15) is 0 Å². The van der Waals surface area contributed by atoms with Crippen LogP contribution in [0.25, 0.3) is 11.4 Å². The Morgan fingerprint density at radius 3 is 1.92 bits per heavy atom. The van der Waals surface area contributed by atoms with E-state index in [0.717, 1.165) is 5.56 Å². The number of hydrogen-bond donors (Lipinski definition) is 0. The third-order valence-electron chi connectivity index (χ3n) is 3.15. The standard InChI is InChI=1S/C17H25N5O4/c1-5-25-22(26-6-2)17-19-15(14-10-8-7-9-11-14)18-16(20-17)21(12-23-3)13-24-4/h7-11H,5-6,12-13H2,1-4H3. The number of anilines is 2. The molecule has 142 valence electrons. The van der Waals surface area contributed by atoms with Gasteiger partial charge in [-0.2, -0.15) is 15.0 Å². The molecule has 0 fully saturated rings. The summed E-state index contributed by atoms with van der Waals surface area (Å²) in [5.74, 6) is 1.13. The van der Waals surface area contributed by atoms with E-state index in [1.54, 1.807) is 19.1 Å². The molecule has 0 spiro atoms. The zero-order chi connectivity index (χ0) is 18.8. The predicted octanol–water partition coefficient (Wildman–Crippen LogP) is 2.26. The summed E-state index contributed by atoms with van der Waals surface area (Å²) in [4.78, 5) is 26.2. The summed E-state index contributed by atoms with van der Waals surface area (Å²) in [5.41, 5.74) is 0.847. The molecule has 0 radical (unpaired) electrons. The molecule has 0 N–H and O–H groups in total. The number of hydrogen-bond acceptors (Lipinski definition) is 9. The summed E-state index contributed by atoms with van der Waals surface area (Å²) >= 11 is 0. The van der Waals surface area contributed by atoms with Crippen LogP contribution in [0.4, 0.5) is 11.9 Å². The highest BCUT2D eigenvalue weighted by atomic mass is 16.9. The lowest BCUT2D eigenvalue weighted by Crippen LogP contribution is -2.32. The third-order valence-corrected chi connectivity index (χ3v) is 3.15. The van der Waals surface area contributed by atoms with Crippen molar-refractivity contribution in [3.63, 3.8) is 0 Å². The van der Waals surface area contributed by atoms with Gasteiger partial charge in [-0.25, -0.2) is 9.68 Å². The molecule has 1 heterocycles. The highest BCUT2D eigenvalue weighted by Gasteiger charge is 2.19. The van der Waals surface area contributed by atoms with Gasteiger partial charge in [0.15, 0.2) is 5.82 Å². The van der Waals surface area contributed by atoms with Gasteiger partial charge in [0.25, 0.3) is 5.95 Å². The Hall–Kier alpha value is -2.33. The highest BCUT2D eigenvalue weighted by molar-refractivity contribution is 5.57. The lowest BCUT2D eigenvalue weighted by Gasteiger charge is -2.24. The molecule has 0 amide bonds. The van der Waals surface area contributed by atoms with Gasteiger partial charge >= 0.3 is 0 Å². The van der Waals surface area contributed by atoms with Crippen LogP contribution in [0.15, 0.2) is 30.3 Å². The molecular formula is C17H25N5O4. The molecule has 26 heavy (non-hydrogen) atoms. The second kappa shape index (κ2) is 10.6. The topological polar surface area (TPSA) is 82.1 Å². The molecule has 0 aliphatic rings. The Morgan fingerprint density at radius 2 is 1.38 bits per heavy atom. The SMILES string of the molecule is CCON(OCC)c1nc(-c2ccccc2)nc(N(COC)COC)n1. The number of methoxy groups -OCH3 is 2. The van der Waals surface area contributed by atoms with Gasteiger partial charge in [0.05, 0.1) is 13.2 Å². The summed E-state index contributed by atoms with van der Waals surface area (Å²) in [6.07, 6.45) is 0. The van der Waals surface area contributed by atoms with Gasteiger partial charge in [-0.15, -0.1) is 0 Å². The average Bonchev–Trinajstić information content (AvgIpc) is 2.68. The van der Waals surface area contributed by atoms with E-state index in [2.05, 4.69) is 15.0 Å². The van der Waals surface area contributed by atoms with Crippen molar-refractivity contribution in [3.05, 3.63) is 30.3 Å². The van der Waals surface area contributed by atoms with Crippen LogP contribution in [-0.2, 0) is 19.1 Å². The van der Waals surface area contributed by atoms with Crippen LogP contribution < -0.4 is 10.1 Å². The van der Waals surface area contributed by atoms with Crippen molar-refractivity contribution in [3.8, 4) is 11.4 Å². The van der Waals surface area contributed by atoms with Crippen LogP contribution in [0, 0.1) is 0 Å². The van der Waals surface area contributed by atoms with E-state index in [-0.39, 0.29) is 19.4 Å². The number of aromatic nitrogens is 3. The second-order valence-electron chi connectivity index (χ2n) is 5.09. The largest absolute Gasteiger partial charge is 0.364 e. The molecule has 2 rings (SSSR count). The van der Waals surface area contributed by atoms with Crippen LogP contribution in [0.3, 0.4) is 0 Å². The molecule has 0 aliphatic heterocycles. The molecule has 0 unspecified atom stereocenters. The smallest absolute Gasteiger partial charge is 0.283 e. The van der Waals surface area contributed by atoms with Crippen molar-refractivity contribution in [2.24, 2.45) is 0 Å². The van der Waals surface area contributed by atoms with Crippen LogP contribution in [0.5, 0.6) is 0 Å². The Bertz CT molecular complexity index is 613. The summed E-state index contributed by atoms with van der Waals surface area (Å²) in [6, 6.07) is 9.62. The van der Waals surface area contributed by atoms with Crippen LogP contribution in [0.1, 0.15) is 13.8 Å². The van der Waals surface area contributed by atoms with E-state index in [1.165, 1.54) is 5.23 Å². The van der Waals surface area contributed by atoms with E-state index >= 15 is 0 Å². The molecule has 9 nitrogen and oxygen atoms in total. The van der Waals surface area contributed by atoms with Crippen molar-refractivity contribution >= 4 is 11.9 Å². The first-order valence-corrected chi connectivity index (χ1v) is 8.33. The zero-order valence-electron chi connectivity index (χ0n) is 15.6. The van der Waals surface area contributed by atoms with Crippen molar-refractivity contribution in [1.29, 1.82) is 0 Å². The van der Waals surface area contributed by atoms with E-state index in [4.69, 9.17) is 19.1 Å². The van der Waals surface area contributed by atoms with Gasteiger partial charge in [-0.1, -0.05) is 35.6 Å². The van der Waals surface area contributed by atoms with Crippen molar-refractivity contribution in [1.82, 2.24) is 15.0 Å². The minimum Gasteiger partial charge on any atom is -0.364 e. The maximum Gasteiger partial charge on any atom is 0.283 e. The fraction of sp³-hybridized carbons (Fsp3) is 0.471. The van der Waals surface area contributed by atoms with Gasteiger partial charge in [-0.05, 0) is 13.8 Å². The van der Waals surface area contributed by atoms with E-state index in [1.807, 2.05) is 44.2 Å². The molecule has 9 heteroatoms. The molecule has 2 aromatic rings. The second-order valence-corrected chi connectivity index (χ2v) is 5.09. The lowest BCUT2D eigenvalue weighted by molar-refractivity contribution is -0.0851. The summed E-state index contributed by atoms with van der Waals surface area (Å²) in [6.45, 7) is 5.04. The Morgan fingerprint density at radius 1 is 0.808 bits per heavy atom. The number of benzene rings is 1. The first-order valence-electron chi connectivity index (χ1n) is 8.33. The molecule has 1 aromatic carbocycles. The third kappa shape index (κ3) is 5.33. The molecule has 0 atom stereocenters. The number of rotatable bonds is 11. The minimum atomic E-state index is 0.245. The molecule has 1 aromatic heterocycles. The number of nitrogens with zero attached hydrogens (tertiary/aromatic N) is 5. The predicted molar refractivity (Wildman–Crippen MR) is 97.2 cm³/mol. The monoisotopic (exact) mass is 363 g/mol. The van der Waals surface area contributed by atoms with Gasteiger partial charge in [0.2, 0.25) is 5.95 Å². The Kier molecular flexibility index (Phi) is 8.16. The first-order chi connectivity index (χ1) is 12.7. The fourth-order valence-electron chi connectivity index (χ4n) is 2.14. The molecule has 0 saturated carbocycles. The summed E-state index contributed by atoms with van der Waals surface area (Å²) in [5, 5.41) is 1.20. The maximum absolute atomic E-state index is 5.49. The van der Waals surface area contributed by atoms with Gasteiger partial charge in [0, 0.05) is 19.8 Å². The van der Waals surface area contributed by atoms with Crippen molar-refractivity contribution in [2.75, 3.05) is 51.0 Å². The zero-order valence-corrected chi connectivity index (χ0v) is 15.6.